The Morgan fingerprint density at radius 3 is 2.71 bits per heavy atom. The number of nitrogens with zero attached hydrogens (tertiary/aromatic N) is 5. The number of aromatic nitrogens is 3. The zero-order chi connectivity index (χ0) is 28.9. The first-order valence-corrected chi connectivity index (χ1v) is 14.0. The number of rotatable bonds is 4. The Kier molecular flexibility index (Phi) is 8.51. The van der Waals surface area contributed by atoms with Crippen molar-refractivity contribution in [1.82, 2.24) is 29.9 Å². The van der Waals surface area contributed by atoms with Gasteiger partial charge in [-0.25, -0.2) is 4.98 Å². The van der Waals surface area contributed by atoms with E-state index in [9.17, 15) is 14.4 Å². The van der Waals surface area contributed by atoms with Gasteiger partial charge in [0.1, 0.15) is 11.4 Å². The van der Waals surface area contributed by atoms with Gasteiger partial charge in [0.15, 0.2) is 0 Å². The van der Waals surface area contributed by atoms with Crippen molar-refractivity contribution in [2.45, 2.75) is 45.2 Å². The van der Waals surface area contributed by atoms with E-state index in [0.717, 1.165) is 23.4 Å². The highest BCUT2D eigenvalue weighted by Gasteiger charge is 2.38. The van der Waals surface area contributed by atoms with Crippen molar-refractivity contribution in [2.75, 3.05) is 39.9 Å². The Labute approximate surface area is 239 Å². The lowest BCUT2D eigenvalue weighted by atomic mass is 9.94. The van der Waals surface area contributed by atoms with Gasteiger partial charge in [-0.05, 0) is 56.5 Å². The largest absolute Gasteiger partial charge is 0.494 e. The zero-order valence-electron chi connectivity index (χ0n) is 23.7. The van der Waals surface area contributed by atoms with Crippen molar-refractivity contribution in [3.05, 3.63) is 71.2 Å². The fraction of sp³-hybridized carbons (Fsp3) is 0.433. The third-order valence-electron chi connectivity index (χ3n) is 7.57. The van der Waals surface area contributed by atoms with Crippen LogP contribution in [0, 0.1) is 6.92 Å². The molecule has 2 aliphatic heterocycles. The molecule has 11 nitrogen and oxygen atoms in total. The Hall–Kier alpha value is -4.41. The van der Waals surface area contributed by atoms with Crippen LogP contribution in [-0.2, 0) is 11.3 Å². The Bertz CT molecular complexity index is 1400. The zero-order valence-corrected chi connectivity index (χ0v) is 23.7. The molecule has 3 amide bonds. The van der Waals surface area contributed by atoms with E-state index in [1.54, 1.807) is 32.7 Å². The highest BCUT2D eigenvalue weighted by Crippen LogP contribution is 2.31. The topological polar surface area (TPSA) is 119 Å². The molecule has 2 bridgehead atoms. The molecule has 2 atom stereocenters. The van der Waals surface area contributed by atoms with Gasteiger partial charge in [0.25, 0.3) is 11.8 Å². The predicted molar refractivity (Wildman–Crippen MR) is 151 cm³/mol. The van der Waals surface area contributed by atoms with Crippen LogP contribution in [0.2, 0.25) is 0 Å². The molecule has 3 aromatic rings. The second kappa shape index (κ2) is 12.4. The van der Waals surface area contributed by atoms with Crippen molar-refractivity contribution < 1.29 is 23.9 Å². The van der Waals surface area contributed by atoms with E-state index >= 15 is 0 Å². The first-order valence-electron chi connectivity index (χ1n) is 14.0. The molecule has 0 radical (unpaired) electrons. The molecule has 11 heteroatoms. The van der Waals surface area contributed by atoms with Crippen LogP contribution in [0.1, 0.15) is 57.8 Å². The van der Waals surface area contributed by atoms with Crippen LogP contribution in [0.5, 0.6) is 11.6 Å². The second-order valence-corrected chi connectivity index (χ2v) is 10.4. The number of likely N-dealkylation sites (tertiary alicyclic amines) is 1. The van der Waals surface area contributed by atoms with E-state index < -0.39 is 0 Å². The number of benzene rings is 1. The van der Waals surface area contributed by atoms with Crippen molar-refractivity contribution in [1.29, 1.82) is 0 Å². The summed E-state index contributed by atoms with van der Waals surface area (Å²) in [5.41, 5.74) is 2.64. The molecule has 2 aromatic heterocycles. The number of aryl methyl sites for hydroxylation is 2. The van der Waals surface area contributed by atoms with Crippen LogP contribution < -0.4 is 14.8 Å². The van der Waals surface area contributed by atoms with E-state index in [0.29, 0.717) is 56.3 Å². The van der Waals surface area contributed by atoms with Crippen molar-refractivity contribution in [2.24, 2.45) is 0 Å². The minimum Gasteiger partial charge on any atom is -0.494 e. The number of hydrogen-bond acceptors (Lipinski definition) is 7. The average Bonchev–Trinajstić information content (AvgIpc) is 3.58. The molecule has 4 heterocycles. The summed E-state index contributed by atoms with van der Waals surface area (Å²) in [6.07, 6.45) is 2.91. The number of nitrogens with one attached hydrogen (secondary N) is 1. The molecule has 0 unspecified atom stereocenters. The van der Waals surface area contributed by atoms with Gasteiger partial charge in [-0.2, -0.15) is 5.10 Å². The molecule has 1 N–H and O–H groups in total. The molecule has 0 aliphatic carbocycles. The van der Waals surface area contributed by atoms with E-state index in [-0.39, 0.29) is 36.2 Å². The summed E-state index contributed by atoms with van der Waals surface area (Å²) in [6.45, 7) is 5.88. The molecule has 1 fully saturated rings. The Morgan fingerprint density at radius 1 is 1.10 bits per heavy atom. The minimum atomic E-state index is -0.351. The van der Waals surface area contributed by atoms with Gasteiger partial charge >= 0.3 is 0 Å². The average molecular weight is 561 g/mol. The van der Waals surface area contributed by atoms with E-state index in [1.807, 2.05) is 38.1 Å². The van der Waals surface area contributed by atoms with Gasteiger partial charge in [0.05, 0.1) is 37.6 Å². The number of pyridine rings is 1. The predicted octanol–water partition coefficient (Wildman–Crippen LogP) is 2.65. The molecule has 0 spiro atoms. The summed E-state index contributed by atoms with van der Waals surface area (Å²) in [7, 11) is 1.52. The molecule has 2 aliphatic rings. The van der Waals surface area contributed by atoms with Crippen LogP contribution in [-0.4, -0.2) is 88.2 Å². The van der Waals surface area contributed by atoms with Crippen LogP contribution in [0.25, 0.3) is 0 Å². The first kappa shape index (κ1) is 28.1. The van der Waals surface area contributed by atoms with Gasteiger partial charge in [0, 0.05) is 44.4 Å². The third kappa shape index (κ3) is 6.34. The first-order chi connectivity index (χ1) is 19.9. The summed E-state index contributed by atoms with van der Waals surface area (Å²) >= 11 is 0. The Balaban J connectivity index is 1.40. The van der Waals surface area contributed by atoms with Gasteiger partial charge in [0.2, 0.25) is 11.8 Å². The van der Waals surface area contributed by atoms with Gasteiger partial charge in [-0.15, -0.1) is 0 Å². The summed E-state index contributed by atoms with van der Waals surface area (Å²) in [4.78, 5) is 47.9. The van der Waals surface area contributed by atoms with Crippen LogP contribution in [0.4, 0.5) is 0 Å². The molecular formula is C30H36N6O5. The minimum absolute atomic E-state index is 0.0900. The standard InChI is InChI=1S/C30H36N6O5/c1-4-36-26(14-20(2)33-36)30(39)34-12-5-6-13-41-23-9-7-8-21(15-23)24-17-35(18-25(24)32-27(37)19-34)29(38)22-10-11-28(40-3)31-16-22/h7-11,14-16,24-25H,4-6,12-13,17-19H2,1-3H3,(H,32,37)/t24-,25+/m1/s1. The molecule has 0 saturated carbocycles. The lowest BCUT2D eigenvalue weighted by Gasteiger charge is -2.26. The highest BCUT2D eigenvalue weighted by atomic mass is 16.5. The fourth-order valence-corrected chi connectivity index (χ4v) is 5.49. The third-order valence-corrected chi connectivity index (χ3v) is 7.57. The number of fused-ring (bicyclic) bond motifs is 4. The van der Waals surface area contributed by atoms with Crippen LogP contribution in [0.15, 0.2) is 48.7 Å². The number of carbonyl (C=O) groups is 3. The summed E-state index contributed by atoms with van der Waals surface area (Å²) in [5.74, 6) is 0.340. The van der Waals surface area contributed by atoms with Crippen molar-refractivity contribution in [3.8, 4) is 11.6 Å². The number of hydrogen-bond donors (Lipinski definition) is 1. The molecular weight excluding hydrogens is 524 g/mol. The monoisotopic (exact) mass is 560 g/mol. The van der Waals surface area contributed by atoms with Crippen molar-refractivity contribution in [3.63, 3.8) is 0 Å². The maximum absolute atomic E-state index is 13.6. The van der Waals surface area contributed by atoms with Crippen LogP contribution >= 0.6 is 0 Å². The molecule has 216 valence electrons. The molecule has 5 rings (SSSR count). The Morgan fingerprint density at radius 2 is 1.95 bits per heavy atom. The summed E-state index contributed by atoms with van der Waals surface area (Å²) in [6, 6.07) is 12.6. The second-order valence-electron chi connectivity index (χ2n) is 10.4. The van der Waals surface area contributed by atoms with E-state index in [4.69, 9.17) is 9.47 Å². The normalized spacial score (nSPS) is 19.5. The molecule has 41 heavy (non-hydrogen) atoms. The maximum atomic E-state index is 13.6. The van der Waals surface area contributed by atoms with Gasteiger partial charge in [-0.3, -0.25) is 19.1 Å². The molecule has 1 saturated heterocycles. The maximum Gasteiger partial charge on any atom is 0.272 e. The smallest absolute Gasteiger partial charge is 0.272 e. The number of ether oxygens (including phenoxy) is 2. The van der Waals surface area contributed by atoms with Gasteiger partial charge in [-0.1, -0.05) is 12.1 Å². The summed E-state index contributed by atoms with van der Waals surface area (Å²) < 4.78 is 12.8. The SMILES string of the molecule is CCn1nc(C)cc1C(=O)N1CCCCOc2cccc(c2)[C@H]2CN(C(=O)c3ccc(OC)nc3)C[C@@H]2NC(=O)C1. The fourth-order valence-electron chi connectivity index (χ4n) is 5.49. The number of amides is 3. The van der Waals surface area contributed by atoms with E-state index in [2.05, 4.69) is 15.4 Å². The summed E-state index contributed by atoms with van der Waals surface area (Å²) in [5, 5.41) is 7.55. The van der Waals surface area contributed by atoms with Crippen LogP contribution in [0.3, 0.4) is 0 Å². The quantitative estimate of drug-likeness (QED) is 0.521. The lowest BCUT2D eigenvalue weighted by Crippen LogP contribution is -2.47. The van der Waals surface area contributed by atoms with Gasteiger partial charge < -0.3 is 24.6 Å². The number of carbonyl (C=O) groups excluding carboxylic acids is 3. The highest BCUT2D eigenvalue weighted by molar-refractivity contribution is 5.96. The number of methoxy groups -OCH3 is 1. The molecule has 1 aromatic carbocycles. The van der Waals surface area contributed by atoms with E-state index in [1.165, 1.54) is 13.3 Å². The van der Waals surface area contributed by atoms with Crippen molar-refractivity contribution >= 4 is 17.7 Å². The lowest BCUT2D eigenvalue weighted by molar-refractivity contribution is -0.122.